The minimum atomic E-state index is -0.766. The number of esters is 1. The van der Waals surface area contributed by atoms with E-state index in [0.717, 1.165) is 0 Å². The van der Waals surface area contributed by atoms with Crippen LogP contribution < -0.4 is 0 Å². The highest BCUT2D eigenvalue weighted by atomic mass is 16.5. The first-order valence-corrected chi connectivity index (χ1v) is 5.18. The van der Waals surface area contributed by atoms with E-state index in [1.54, 1.807) is 6.08 Å². The zero-order valence-corrected chi connectivity index (χ0v) is 8.23. The van der Waals surface area contributed by atoms with Gasteiger partial charge in [0, 0.05) is 6.42 Å². The monoisotopic (exact) mass is 208 g/mol. The minimum absolute atomic E-state index is 0.0430. The number of aliphatic hydroxyl groups excluding tert-OH is 1. The number of ketones is 1. The van der Waals surface area contributed by atoms with Gasteiger partial charge in [0.15, 0.2) is 5.78 Å². The maximum absolute atomic E-state index is 11.8. The van der Waals surface area contributed by atoms with Gasteiger partial charge < -0.3 is 9.84 Å². The smallest absolute Gasteiger partial charge is 0.313 e. The molecule has 1 aliphatic heterocycles. The third kappa shape index (κ3) is 0.822. The molecule has 0 aromatic heterocycles. The summed E-state index contributed by atoms with van der Waals surface area (Å²) in [5, 5.41) is 9.99. The van der Waals surface area contributed by atoms with Crippen molar-refractivity contribution in [1.82, 2.24) is 0 Å². The average molecular weight is 208 g/mol. The molecule has 1 saturated carbocycles. The minimum Gasteiger partial charge on any atom is -0.464 e. The number of carbonyl (C=O) groups is 2. The maximum Gasteiger partial charge on any atom is 0.313 e. The van der Waals surface area contributed by atoms with Crippen LogP contribution in [0.2, 0.25) is 0 Å². The van der Waals surface area contributed by atoms with Crippen molar-refractivity contribution in [3.63, 3.8) is 0 Å². The van der Waals surface area contributed by atoms with Crippen molar-refractivity contribution in [3.05, 3.63) is 12.2 Å². The van der Waals surface area contributed by atoms with E-state index in [0.29, 0.717) is 12.8 Å². The van der Waals surface area contributed by atoms with Crippen LogP contribution in [-0.4, -0.2) is 29.6 Å². The van der Waals surface area contributed by atoms with Gasteiger partial charge in [-0.05, 0) is 18.9 Å². The van der Waals surface area contributed by atoms with E-state index in [-0.39, 0.29) is 24.8 Å². The normalized spacial score (nSPS) is 47.7. The van der Waals surface area contributed by atoms with Gasteiger partial charge >= 0.3 is 5.97 Å². The Hall–Kier alpha value is -1.16. The van der Waals surface area contributed by atoms with Gasteiger partial charge in [-0.25, -0.2) is 0 Å². The Balaban J connectivity index is 2.20. The lowest BCUT2D eigenvalue weighted by Crippen LogP contribution is -2.46. The second kappa shape index (κ2) is 2.50. The van der Waals surface area contributed by atoms with Crippen LogP contribution in [0, 0.1) is 10.8 Å². The van der Waals surface area contributed by atoms with E-state index < -0.39 is 16.9 Å². The molecule has 3 atom stereocenters. The zero-order chi connectivity index (χ0) is 10.7. The van der Waals surface area contributed by atoms with E-state index in [4.69, 9.17) is 4.74 Å². The summed E-state index contributed by atoms with van der Waals surface area (Å²) >= 11 is 0. The van der Waals surface area contributed by atoms with Gasteiger partial charge in [-0.2, -0.15) is 0 Å². The summed E-state index contributed by atoms with van der Waals surface area (Å²) in [6, 6.07) is 0. The molecule has 1 N–H and O–H groups in total. The molecule has 0 spiro atoms. The van der Waals surface area contributed by atoms with Crippen LogP contribution in [0.4, 0.5) is 0 Å². The lowest BCUT2D eigenvalue weighted by molar-refractivity contribution is -0.149. The lowest BCUT2D eigenvalue weighted by Gasteiger charge is -2.37. The van der Waals surface area contributed by atoms with Crippen LogP contribution in [0.1, 0.15) is 19.3 Å². The molecule has 4 heteroatoms. The number of allylic oxidation sites excluding steroid dienone is 1. The lowest BCUT2D eigenvalue weighted by atomic mass is 9.61. The quantitative estimate of drug-likeness (QED) is 0.577. The van der Waals surface area contributed by atoms with E-state index in [1.165, 1.54) is 6.08 Å². The number of rotatable bonds is 0. The first-order chi connectivity index (χ1) is 7.11. The van der Waals surface area contributed by atoms with E-state index in [1.807, 2.05) is 0 Å². The number of ether oxygens (including phenoxy) is 1. The number of aliphatic hydroxyl groups is 1. The molecule has 0 aromatic carbocycles. The van der Waals surface area contributed by atoms with Crippen molar-refractivity contribution >= 4 is 11.8 Å². The molecule has 15 heavy (non-hydrogen) atoms. The molecule has 0 unspecified atom stereocenters. The maximum atomic E-state index is 11.8. The molecular weight excluding hydrogens is 196 g/mol. The highest BCUT2D eigenvalue weighted by Gasteiger charge is 2.69. The van der Waals surface area contributed by atoms with Crippen LogP contribution in [0.5, 0.6) is 0 Å². The molecule has 0 radical (unpaired) electrons. The van der Waals surface area contributed by atoms with Crippen molar-refractivity contribution in [3.8, 4) is 0 Å². The summed E-state index contributed by atoms with van der Waals surface area (Å²) in [5.41, 5.74) is -1.39. The molecule has 1 heterocycles. The Kier molecular flexibility index (Phi) is 1.51. The van der Waals surface area contributed by atoms with E-state index >= 15 is 0 Å². The SMILES string of the molecule is O=C1C=C[C@]23COC(=O)[C@]2(CC[C@H]3O)C1. The van der Waals surface area contributed by atoms with Crippen molar-refractivity contribution < 1.29 is 19.4 Å². The van der Waals surface area contributed by atoms with Crippen molar-refractivity contribution in [2.24, 2.45) is 10.8 Å². The Morgan fingerprint density at radius 2 is 2.27 bits per heavy atom. The summed E-state index contributed by atoms with van der Waals surface area (Å²) in [6.07, 6.45) is 3.94. The second-order valence-corrected chi connectivity index (χ2v) is 4.73. The van der Waals surface area contributed by atoms with Gasteiger partial charge in [0.2, 0.25) is 0 Å². The Morgan fingerprint density at radius 1 is 1.47 bits per heavy atom. The first-order valence-electron chi connectivity index (χ1n) is 5.18. The fourth-order valence-corrected chi connectivity index (χ4v) is 3.28. The summed E-state index contributed by atoms with van der Waals surface area (Å²) in [6.45, 7) is 0.219. The summed E-state index contributed by atoms with van der Waals surface area (Å²) in [5.74, 6) is -0.352. The molecule has 4 nitrogen and oxygen atoms in total. The standard InChI is InChI=1S/C11H12O4/c12-7-1-3-11-6-15-9(14)10(11,5-7)4-2-8(11)13/h1,3,8,13H,2,4-6H2/t8-,10+,11-/m1/s1. The fraction of sp³-hybridized carbons (Fsp3) is 0.636. The molecule has 0 aromatic rings. The number of hydrogen-bond acceptors (Lipinski definition) is 4. The van der Waals surface area contributed by atoms with Crippen molar-refractivity contribution in [2.45, 2.75) is 25.4 Å². The van der Waals surface area contributed by atoms with Gasteiger partial charge in [-0.3, -0.25) is 9.59 Å². The topological polar surface area (TPSA) is 63.6 Å². The zero-order valence-electron chi connectivity index (χ0n) is 8.23. The van der Waals surface area contributed by atoms with Crippen LogP contribution in [0.25, 0.3) is 0 Å². The molecule has 1 saturated heterocycles. The second-order valence-electron chi connectivity index (χ2n) is 4.73. The molecule has 0 amide bonds. The third-order valence-corrected chi connectivity index (χ3v) is 4.21. The van der Waals surface area contributed by atoms with Crippen molar-refractivity contribution in [2.75, 3.05) is 6.61 Å². The molecule has 0 bridgehead atoms. The average Bonchev–Trinajstić information content (AvgIpc) is 2.66. The van der Waals surface area contributed by atoms with Crippen LogP contribution in [0.3, 0.4) is 0 Å². The fourth-order valence-electron chi connectivity index (χ4n) is 3.28. The largest absolute Gasteiger partial charge is 0.464 e. The van der Waals surface area contributed by atoms with Crippen LogP contribution in [0.15, 0.2) is 12.2 Å². The third-order valence-electron chi connectivity index (χ3n) is 4.21. The van der Waals surface area contributed by atoms with Gasteiger partial charge in [0.1, 0.15) is 6.61 Å². The molecular formula is C11H12O4. The van der Waals surface area contributed by atoms with Crippen molar-refractivity contribution in [1.29, 1.82) is 0 Å². The molecule has 2 aliphatic carbocycles. The summed E-state index contributed by atoms with van der Waals surface area (Å²) < 4.78 is 5.06. The summed E-state index contributed by atoms with van der Waals surface area (Å²) in [4.78, 5) is 23.2. The highest BCUT2D eigenvalue weighted by Crippen LogP contribution is 2.61. The Morgan fingerprint density at radius 3 is 3.07 bits per heavy atom. The van der Waals surface area contributed by atoms with Crippen LogP contribution >= 0.6 is 0 Å². The summed E-state index contributed by atoms with van der Waals surface area (Å²) in [7, 11) is 0. The van der Waals surface area contributed by atoms with E-state index in [2.05, 4.69) is 0 Å². The molecule has 2 fully saturated rings. The number of hydrogen-bond donors (Lipinski definition) is 1. The Bertz CT molecular complexity index is 386. The molecule has 3 rings (SSSR count). The first kappa shape index (κ1) is 9.09. The van der Waals surface area contributed by atoms with Gasteiger partial charge in [-0.1, -0.05) is 6.08 Å². The molecule has 80 valence electrons. The Labute approximate surface area is 86.9 Å². The molecule has 3 aliphatic rings. The number of carbonyl (C=O) groups excluding carboxylic acids is 2. The predicted octanol–water partition coefficient (Wildman–Crippen LogP) is 0.200. The van der Waals surface area contributed by atoms with Gasteiger partial charge in [0.05, 0.1) is 16.9 Å². The van der Waals surface area contributed by atoms with Gasteiger partial charge in [-0.15, -0.1) is 0 Å². The predicted molar refractivity (Wildman–Crippen MR) is 49.8 cm³/mol. The number of cyclic esters (lactones) is 1. The van der Waals surface area contributed by atoms with Crippen LogP contribution in [-0.2, 0) is 14.3 Å². The highest BCUT2D eigenvalue weighted by molar-refractivity contribution is 5.97. The van der Waals surface area contributed by atoms with Gasteiger partial charge in [0.25, 0.3) is 0 Å². The van der Waals surface area contributed by atoms with E-state index in [9.17, 15) is 14.7 Å².